The van der Waals surface area contributed by atoms with E-state index in [9.17, 15) is 8.78 Å². The minimum atomic E-state index is -2.68. The fourth-order valence-electron chi connectivity index (χ4n) is 1.06. The molecule has 1 rings (SSSR count). The van der Waals surface area contributed by atoms with Crippen LogP contribution in [0.15, 0.2) is 0 Å². The maximum atomic E-state index is 12.6. The van der Waals surface area contributed by atoms with Crippen molar-refractivity contribution in [1.82, 2.24) is 15.0 Å². The van der Waals surface area contributed by atoms with E-state index in [1.165, 1.54) is 0 Å². The van der Waals surface area contributed by atoms with Gasteiger partial charge < -0.3 is 5.73 Å². The van der Waals surface area contributed by atoms with Gasteiger partial charge in [-0.2, -0.15) is 0 Å². The second-order valence-electron chi connectivity index (χ2n) is 3.03. The number of hydrogen-bond acceptors (Lipinski definition) is 3. The maximum Gasteiger partial charge on any atom is 0.282 e. The number of hydrogen-bond donors (Lipinski definition) is 1. The second-order valence-corrected chi connectivity index (χ2v) is 3.47. The van der Waals surface area contributed by atoms with Crippen molar-refractivity contribution in [2.75, 3.05) is 0 Å². The zero-order chi connectivity index (χ0) is 10.9. The van der Waals surface area contributed by atoms with Crippen LogP contribution in [0.1, 0.15) is 37.7 Å². The summed E-state index contributed by atoms with van der Waals surface area (Å²) in [4.78, 5) is -0.160. The van der Waals surface area contributed by atoms with Crippen molar-refractivity contribution in [3.05, 3.63) is 11.4 Å². The number of aromatic nitrogens is 3. The van der Waals surface area contributed by atoms with Crippen LogP contribution in [0.3, 0.4) is 0 Å². The zero-order valence-corrected chi connectivity index (χ0v) is 8.55. The summed E-state index contributed by atoms with van der Waals surface area (Å²) < 4.78 is 26.4. The summed E-state index contributed by atoms with van der Waals surface area (Å²) >= 11 is 4.60. The first-order chi connectivity index (χ1) is 6.45. The van der Waals surface area contributed by atoms with Gasteiger partial charge in [-0.3, -0.25) is 0 Å². The number of alkyl halides is 2. The number of rotatable bonds is 3. The Morgan fingerprint density at radius 1 is 1.50 bits per heavy atom. The third kappa shape index (κ3) is 1.87. The number of nitrogens with two attached hydrogens (primary N) is 1. The first kappa shape index (κ1) is 11.0. The van der Waals surface area contributed by atoms with Crippen LogP contribution in [0.5, 0.6) is 0 Å². The highest BCUT2D eigenvalue weighted by atomic mass is 32.1. The molecule has 1 aromatic rings. The van der Waals surface area contributed by atoms with Gasteiger partial charge in [0.15, 0.2) is 0 Å². The first-order valence-electron chi connectivity index (χ1n) is 3.98. The molecule has 0 saturated carbocycles. The summed E-state index contributed by atoms with van der Waals surface area (Å²) in [5.74, 6) is 0. The number of thiocarbonyl (C=S) groups is 1. The molecule has 0 atom stereocenters. The monoisotopic (exact) mass is 220 g/mol. The second kappa shape index (κ2) is 3.95. The molecule has 14 heavy (non-hydrogen) atoms. The highest BCUT2D eigenvalue weighted by molar-refractivity contribution is 7.80. The van der Waals surface area contributed by atoms with Crippen molar-refractivity contribution in [3.8, 4) is 0 Å². The lowest BCUT2D eigenvalue weighted by atomic mass is 10.3. The van der Waals surface area contributed by atoms with Gasteiger partial charge in [-0.15, -0.1) is 5.10 Å². The Labute approximate surface area is 85.1 Å². The molecule has 0 aromatic carbocycles. The van der Waals surface area contributed by atoms with E-state index in [0.29, 0.717) is 0 Å². The summed E-state index contributed by atoms with van der Waals surface area (Å²) in [6.45, 7) is 3.45. The van der Waals surface area contributed by atoms with Gasteiger partial charge in [0.05, 0.1) is 0 Å². The van der Waals surface area contributed by atoms with Gasteiger partial charge in [-0.05, 0) is 13.8 Å². The summed E-state index contributed by atoms with van der Waals surface area (Å²) in [6.07, 6.45) is -2.68. The van der Waals surface area contributed by atoms with Gasteiger partial charge >= 0.3 is 0 Å². The molecule has 4 nitrogen and oxygen atoms in total. The third-order valence-corrected chi connectivity index (χ3v) is 1.85. The quantitative estimate of drug-likeness (QED) is 0.783. The molecule has 0 saturated heterocycles. The molecule has 0 unspecified atom stereocenters. The molecule has 78 valence electrons. The van der Waals surface area contributed by atoms with Gasteiger partial charge in [0.2, 0.25) is 0 Å². The van der Waals surface area contributed by atoms with E-state index in [-0.39, 0.29) is 22.4 Å². The topological polar surface area (TPSA) is 56.7 Å². The molecular formula is C7H10F2N4S. The molecule has 0 spiro atoms. The Morgan fingerprint density at radius 2 is 2.07 bits per heavy atom. The zero-order valence-electron chi connectivity index (χ0n) is 7.74. The van der Waals surface area contributed by atoms with Crippen molar-refractivity contribution in [3.63, 3.8) is 0 Å². The minimum absolute atomic E-state index is 0.0938. The number of nitrogens with zero attached hydrogens (tertiary/aromatic N) is 3. The van der Waals surface area contributed by atoms with Crippen LogP contribution >= 0.6 is 12.2 Å². The van der Waals surface area contributed by atoms with Gasteiger partial charge in [0, 0.05) is 6.04 Å². The lowest BCUT2D eigenvalue weighted by Gasteiger charge is -2.09. The molecule has 2 N–H and O–H groups in total. The van der Waals surface area contributed by atoms with Gasteiger partial charge in [-0.25, -0.2) is 13.5 Å². The van der Waals surface area contributed by atoms with Crippen LogP contribution in [0.2, 0.25) is 0 Å². The smallest absolute Gasteiger partial charge is 0.282 e. The van der Waals surface area contributed by atoms with Crippen LogP contribution in [0.25, 0.3) is 0 Å². The molecule has 0 aliphatic carbocycles. The molecule has 0 fully saturated rings. The van der Waals surface area contributed by atoms with Crippen molar-refractivity contribution in [2.45, 2.75) is 26.3 Å². The molecule has 1 heterocycles. The largest absolute Gasteiger partial charge is 0.388 e. The van der Waals surface area contributed by atoms with Crippen molar-refractivity contribution < 1.29 is 8.78 Å². The van der Waals surface area contributed by atoms with Crippen LogP contribution < -0.4 is 5.73 Å². The normalized spacial score (nSPS) is 11.3. The fraction of sp³-hybridized carbons (Fsp3) is 0.571. The number of halogens is 2. The fourth-order valence-corrected chi connectivity index (χ4v) is 1.21. The highest BCUT2D eigenvalue weighted by Gasteiger charge is 2.24. The van der Waals surface area contributed by atoms with E-state index >= 15 is 0 Å². The Kier molecular flexibility index (Phi) is 3.10. The minimum Gasteiger partial charge on any atom is -0.388 e. The molecule has 0 amide bonds. The average Bonchev–Trinajstić information content (AvgIpc) is 2.46. The Balaban J connectivity index is 3.27. The molecule has 7 heteroatoms. The molecule has 0 aliphatic rings. The van der Waals surface area contributed by atoms with E-state index in [0.717, 1.165) is 4.68 Å². The Bertz CT molecular complexity index is 347. The van der Waals surface area contributed by atoms with E-state index in [2.05, 4.69) is 22.5 Å². The lowest BCUT2D eigenvalue weighted by Crippen LogP contribution is -2.15. The van der Waals surface area contributed by atoms with Crippen LogP contribution in [-0.4, -0.2) is 20.0 Å². The molecule has 0 radical (unpaired) electrons. The van der Waals surface area contributed by atoms with Crippen LogP contribution in [-0.2, 0) is 0 Å². The van der Waals surface area contributed by atoms with Crippen molar-refractivity contribution >= 4 is 17.2 Å². The third-order valence-electron chi connectivity index (χ3n) is 1.66. The molecule has 0 aliphatic heterocycles. The van der Waals surface area contributed by atoms with Crippen LogP contribution in [0.4, 0.5) is 8.78 Å². The summed E-state index contributed by atoms with van der Waals surface area (Å²) in [5, 5.41) is 7.10. The first-order valence-corrected chi connectivity index (χ1v) is 4.39. The van der Waals surface area contributed by atoms with Gasteiger partial charge in [0.1, 0.15) is 16.4 Å². The van der Waals surface area contributed by atoms with E-state index in [1.807, 2.05) is 0 Å². The SMILES string of the molecule is CC(C)n1nnc(C(N)=S)c1C(F)F. The molecule has 1 aromatic heterocycles. The van der Waals surface area contributed by atoms with E-state index in [4.69, 9.17) is 5.73 Å². The summed E-state index contributed by atoms with van der Waals surface area (Å²) in [5.41, 5.74) is 4.84. The Hall–Kier alpha value is -1.11. The van der Waals surface area contributed by atoms with E-state index < -0.39 is 6.43 Å². The molecular weight excluding hydrogens is 210 g/mol. The lowest BCUT2D eigenvalue weighted by molar-refractivity contribution is 0.137. The predicted octanol–water partition coefficient (Wildman–Crippen LogP) is 1.43. The van der Waals surface area contributed by atoms with Gasteiger partial charge in [-0.1, -0.05) is 17.4 Å². The predicted molar refractivity (Wildman–Crippen MR) is 51.3 cm³/mol. The van der Waals surface area contributed by atoms with E-state index in [1.54, 1.807) is 13.8 Å². The maximum absolute atomic E-state index is 12.6. The van der Waals surface area contributed by atoms with Gasteiger partial charge in [0.25, 0.3) is 6.43 Å². The summed E-state index contributed by atoms with van der Waals surface area (Å²) in [7, 11) is 0. The van der Waals surface area contributed by atoms with Crippen molar-refractivity contribution in [1.29, 1.82) is 0 Å². The molecule has 0 bridgehead atoms. The standard InChI is InChI=1S/C7H10F2N4S/c1-3(2)13-5(6(8)9)4(7(10)14)11-12-13/h3,6H,1-2H3,(H2,10,14). The van der Waals surface area contributed by atoms with Crippen molar-refractivity contribution in [2.24, 2.45) is 5.73 Å². The summed E-state index contributed by atoms with van der Waals surface area (Å²) in [6, 6.07) is -0.199. The van der Waals surface area contributed by atoms with Crippen LogP contribution in [0, 0.1) is 0 Å². The average molecular weight is 220 g/mol. The highest BCUT2D eigenvalue weighted by Crippen LogP contribution is 2.23. The Morgan fingerprint density at radius 3 is 2.43 bits per heavy atom.